The van der Waals surface area contributed by atoms with Crippen molar-refractivity contribution in [3.63, 3.8) is 0 Å². The van der Waals surface area contributed by atoms with Crippen molar-refractivity contribution < 1.29 is 27.9 Å². The Kier molecular flexibility index (Phi) is 11.2. The SMILES string of the molecule is CC(C)(C)CC(=O)OCCN1CCCCC1.Cc1oc(=O)oc1COC(=O)CC(C)(C)C. The Labute approximate surface area is 191 Å². The number of rotatable bonds is 7. The van der Waals surface area contributed by atoms with E-state index in [0.717, 1.165) is 19.6 Å². The molecule has 1 aliphatic heterocycles. The van der Waals surface area contributed by atoms with E-state index in [1.807, 2.05) is 20.8 Å². The number of esters is 2. The lowest BCUT2D eigenvalue weighted by molar-refractivity contribution is -0.148. The molecule has 0 saturated carbocycles. The Balaban J connectivity index is 0.000000320. The summed E-state index contributed by atoms with van der Waals surface area (Å²) in [5.41, 5.74) is -0.0917. The van der Waals surface area contributed by atoms with Crippen LogP contribution < -0.4 is 5.82 Å². The molecule has 8 heteroatoms. The van der Waals surface area contributed by atoms with Gasteiger partial charge in [-0.1, -0.05) is 48.0 Å². The zero-order valence-corrected chi connectivity index (χ0v) is 20.9. The van der Waals surface area contributed by atoms with Crippen molar-refractivity contribution in [3.05, 3.63) is 22.1 Å². The van der Waals surface area contributed by atoms with Crippen LogP contribution >= 0.6 is 0 Å². The van der Waals surface area contributed by atoms with Gasteiger partial charge in [0.2, 0.25) is 0 Å². The maximum absolute atomic E-state index is 11.5. The van der Waals surface area contributed by atoms with Crippen LogP contribution in [-0.4, -0.2) is 43.1 Å². The maximum Gasteiger partial charge on any atom is 0.519 e. The third-order valence-corrected chi connectivity index (χ3v) is 4.67. The van der Waals surface area contributed by atoms with Crippen molar-refractivity contribution in [1.29, 1.82) is 0 Å². The lowest BCUT2D eigenvalue weighted by Crippen LogP contribution is -2.33. The molecule has 0 unspecified atom stereocenters. The second kappa shape index (κ2) is 12.8. The molecule has 0 N–H and O–H groups in total. The zero-order chi connectivity index (χ0) is 24.4. The Hall–Kier alpha value is -2.09. The highest BCUT2D eigenvalue weighted by Gasteiger charge is 2.19. The molecule has 0 atom stereocenters. The molecule has 0 aromatic carbocycles. The van der Waals surface area contributed by atoms with E-state index in [2.05, 4.69) is 30.1 Å². The third kappa shape index (κ3) is 13.3. The summed E-state index contributed by atoms with van der Waals surface area (Å²) in [6, 6.07) is 0. The van der Waals surface area contributed by atoms with Gasteiger partial charge in [0.25, 0.3) is 0 Å². The number of nitrogens with zero attached hydrogens (tertiary/aromatic N) is 1. The van der Waals surface area contributed by atoms with Gasteiger partial charge < -0.3 is 18.3 Å². The lowest BCUT2D eigenvalue weighted by Gasteiger charge is -2.26. The number of hydrogen-bond acceptors (Lipinski definition) is 8. The number of likely N-dealkylation sites (tertiary alicyclic amines) is 1. The fraction of sp³-hybridized carbons (Fsp3) is 0.792. The van der Waals surface area contributed by atoms with Crippen LogP contribution in [0.3, 0.4) is 0 Å². The van der Waals surface area contributed by atoms with E-state index in [0.29, 0.717) is 25.2 Å². The van der Waals surface area contributed by atoms with Gasteiger partial charge in [0.15, 0.2) is 18.1 Å². The van der Waals surface area contributed by atoms with Gasteiger partial charge in [-0.15, -0.1) is 0 Å². The molecule has 0 bridgehead atoms. The molecule has 184 valence electrons. The van der Waals surface area contributed by atoms with E-state index in [4.69, 9.17) is 13.9 Å². The molecule has 1 fully saturated rings. The van der Waals surface area contributed by atoms with Crippen molar-refractivity contribution in [2.45, 2.75) is 87.2 Å². The highest BCUT2D eigenvalue weighted by atomic mass is 16.6. The molecule has 2 heterocycles. The van der Waals surface area contributed by atoms with Crippen LogP contribution in [0.4, 0.5) is 0 Å². The average molecular weight is 456 g/mol. The predicted molar refractivity (Wildman–Crippen MR) is 121 cm³/mol. The number of carbonyl (C=O) groups is 2. The first kappa shape index (κ1) is 27.9. The molecule has 2 rings (SSSR count). The zero-order valence-electron chi connectivity index (χ0n) is 20.9. The number of ether oxygens (including phenoxy) is 2. The third-order valence-electron chi connectivity index (χ3n) is 4.67. The first-order valence-corrected chi connectivity index (χ1v) is 11.4. The van der Waals surface area contributed by atoms with Gasteiger partial charge >= 0.3 is 17.8 Å². The smallest absolute Gasteiger partial charge is 0.464 e. The van der Waals surface area contributed by atoms with E-state index in [-0.39, 0.29) is 35.1 Å². The van der Waals surface area contributed by atoms with Crippen LogP contribution in [0.15, 0.2) is 13.6 Å². The average Bonchev–Trinajstić information content (AvgIpc) is 2.96. The van der Waals surface area contributed by atoms with Crippen molar-refractivity contribution >= 4 is 11.9 Å². The second-order valence-electron chi connectivity index (χ2n) is 10.7. The Morgan fingerprint density at radius 3 is 1.88 bits per heavy atom. The van der Waals surface area contributed by atoms with Gasteiger partial charge in [0, 0.05) is 6.54 Å². The van der Waals surface area contributed by atoms with Crippen LogP contribution in [0.2, 0.25) is 0 Å². The van der Waals surface area contributed by atoms with Crippen LogP contribution in [0.25, 0.3) is 0 Å². The summed E-state index contributed by atoms with van der Waals surface area (Å²) in [6.07, 6.45) is 4.74. The standard InChI is InChI=1S/C13H25NO2.C11H16O5/c1-13(2,3)11-12(15)16-10-9-14-7-5-4-6-8-14;1-7-8(16-10(13)15-7)6-14-9(12)5-11(2,3)4/h4-11H2,1-3H3;5-6H2,1-4H3. The minimum atomic E-state index is -0.778. The summed E-state index contributed by atoms with van der Waals surface area (Å²) in [5, 5.41) is 0. The molecule has 0 spiro atoms. The van der Waals surface area contributed by atoms with Gasteiger partial charge in [0.1, 0.15) is 6.61 Å². The molecular formula is C24H41NO7. The van der Waals surface area contributed by atoms with Crippen molar-refractivity contribution in [3.8, 4) is 0 Å². The summed E-state index contributed by atoms with van der Waals surface area (Å²) >= 11 is 0. The van der Waals surface area contributed by atoms with Crippen LogP contribution in [0.1, 0.15) is 85.2 Å². The normalized spacial score (nSPS) is 15.0. The lowest BCUT2D eigenvalue weighted by atomic mass is 9.92. The van der Waals surface area contributed by atoms with Gasteiger partial charge in [-0.05, 0) is 43.7 Å². The van der Waals surface area contributed by atoms with Crippen molar-refractivity contribution in [1.82, 2.24) is 4.90 Å². The minimum Gasteiger partial charge on any atom is -0.464 e. The van der Waals surface area contributed by atoms with E-state index in [9.17, 15) is 14.4 Å². The van der Waals surface area contributed by atoms with E-state index < -0.39 is 5.82 Å². The molecule has 0 amide bonds. The summed E-state index contributed by atoms with van der Waals surface area (Å²) in [5.74, 6) is -0.569. The highest BCUT2D eigenvalue weighted by Crippen LogP contribution is 2.20. The van der Waals surface area contributed by atoms with Crippen LogP contribution in [0.5, 0.6) is 0 Å². The predicted octanol–water partition coefficient (Wildman–Crippen LogP) is 4.47. The molecule has 1 aliphatic rings. The second-order valence-corrected chi connectivity index (χ2v) is 10.7. The first-order valence-electron chi connectivity index (χ1n) is 11.4. The summed E-state index contributed by atoms with van der Waals surface area (Å²) in [6.45, 7) is 17.3. The van der Waals surface area contributed by atoms with Gasteiger partial charge in [-0.3, -0.25) is 14.5 Å². The van der Waals surface area contributed by atoms with Gasteiger partial charge in [0.05, 0.1) is 12.8 Å². The molecule has 32 heavy (non-hydrogen) atoms. The quantitative estimate of drug-likeness (QED) is 0.555. The molecule has 0 aliphatic carbocycles. The number of hydrogen-bond donors (Lipinski definition) is 0. The Morgan fingerprint density at radius 2 is 1.41 bits per heavy atom. The summed E-state index contributed by atoms with van der Waals surface area (Å²) in [7, 11) is 0. The van der Waals surface area contributed by atoms with Gasteiger partial charge in [-0.25, -0.2) is 4.79 Å². The topological polar surface area (TPSA) is 99.2 Å². The monoisotopic (exact) mass is 455 g/mol. The molecule has 1 aromatic heterocycles. The minimum absolute atomic E-state index is 0.0300. The Morgan fingerprint density at radius 1 is 0.875 bits per heavy atom. The van der Waals surface area contributed by atoms with Gasteiger partial charge in [-0.2, -0.15) is 0 Å². The van der Waals surface area contributed by atoms with Crippen LogP contribution in [-0.2, 0) is 25.7 Å². The maximum atomic E-state index is 11.5. The molecule has 1 aromatic rings. The summed E-state index contributed by atoms with van der Waals surface area (Å²) < 4.78 is 19.5. The summed E-state index contributed by atoms with van der Waals surface area (Å²) in [4.78, 5) is 35.9. The fourth-order valence-corrected chi connectivity index (χ4v) is 3.09. The Bertz CT molecular complexity index is 759. The number of piperidine rings is 1. The van der Waals surface area contributed by atoms with E-state index in [1.165, 1.54) is 19.3 Å². The van der Waals surface area contributed by atoms with Crippen LogP contribution in [0, 0.1) is 17.8 Å². The molecule has 8 nitrogen and oxygen atoms in total. The van der Waals surface area contributed by atoms with E-state index in [1.54, 1.807) is 6.92 Å². The first-order chi connectivity index (χ1) is 14.7. The fourth-order valence-electron chi connectivity index (χ4n) is 3.09. The molecule has 1 saturated heterocycles. The van der Waals surface area contributed by atoms with Crippen molar-refractivity contribution in [2.75, 3.05) is 26.2 Å². The molecular weight excluding hydrogens is 414 g/mol. The van der Waals surface area contributed by atoms with E-state index >= 15 is 0 Å². The number of carbonyl (C=O) groups excluding carboxylic acids is 2. The molecule has 0 radical (unpaired) electrons. The highest BCUT2D eigenvalue weighted by molar-refractivity contribution is 5.70. The van der Waals surface area contributed by atoms with Crippen molar-refractivity contribution in [2.24, 2.45) is 10.8 Å². The largest absolute Gasteiger partial charge is 0.519 e. The number of aryl methyl sites for hydroxylation is 1.